The number of rotatable bonds is 33. The van der Waals surface area contributed by atoms with E-state index >= 15 is 0 Å². The molecular weight excluding hydrogens is 474 g/mol. The van der Waals surface area contributed by atoms with E-state index in [0.29, 0.717) is 0 Å². The summed E-state index contributed by atoms with van der Waals surface area (Å²) < 4.78 is 0. The Hall–Kier alpha value is -0.0800. The predicted molar refractivity (Wildman–Crippen MR) is 178 cm³/mol. The summed E-state index contributed by atoms with van der Waals surface area (Å²) >= 11 is 0. The molecular formula is C37H77NO. The van der Waals surface area contributed by atoms with Crippen molar-refractivity contribution in [2.24, 2.45) is 5.73 Å². The van der Waals surface area contributed by atoms with Crippen LogP contribution in [0.2, 0.25) is 0 Å². The third-order valence-electron chi connectivity index (χ3n) is 9.21. The average Bonchev–Trinajstić information content (AvgIpc) is 2.93. The second-order valence-electron chi connectivity index (χ2n) is 13.2. The van der Waals surface area contributed by atoms with Gasteiger partial charge in [0.1, 0.15) is 0 Å². The second kappa shape index (κ2) is 30.9. The van der Waals surface area contributed by atoms with E-state index in [1.54, 1.807) is 0 Å². The van der Waals surface area contributed by atoms with Gasteiger partial charge in [0.15, 0.2) is 0 Å². The van der Waals surface area contributed by atoms with Crippen LogP contribution < -0.4 is 5.73 Å². The molecule has 0 amide bonds. The highest BCUT2D eigenvalue weighted by atomic mass is 16.3. The minimum absolute atomic E-state index is 0.0447. The Kier molecular flexibility index (Phi) is 30.8. The molecule has 0 aromatic rings. The Morgan fingerprint density at radius 2 is 0.667 bits per heavy atom. The lowest BCUT2D eigenvalue weighted by atomic mass is 9.82. The van der Waals surface area contributed by atoms with Gasteiger partial charge >= 0.3 is 0 Å². The van der Waals surface area contributed by atoms with Crippen LogP contribution in [0.4, 0.5) is 0 Å². The molecule has 0 heterocycles. The van der Waals surface area contributed by atoms with Gasteiger partial charge in [0.25, 0.3) is 0 Å². The van der Waals surface area contributed by atoms with Gasteiger partial charge in [0.05, 0.1) is 5.60 Å². The largest absolute Gasteiger partial charge is 0.388 e. The van der Waals surface area contributed by atoms with Gasteiger partial charge in [-0.3, -0.25) is 0 Å². The standard InChI is InChI=1S/C37H77NO/c1-4-7-9-11-13-15-17-19-21-23-25-27-29-31-33-36(38)37(39,34-6-3)35-32-30-28-26-24-22-20-18-16-14-12-10-8-5-2/h36,39H,4-35,38H2,1-3H3. The molecule has 2 atom stereocenters. The lowest BCUT2D eigenvalue weighted by molar-refractivity contribution is -0.00829. The zero-order valence-electron chi connectivity index (χ0n) is 27.7. The van der Waals surface area contributed by atoms with Crippen LogP contribution in [-0.2, 0) is 0 Å². The summed E-state index contributed by atoms with van der Waals surface area (Å²) in [6.07, 6.45) is 42.5. The number of hydrogen-bond donors (Lipinski definition) is 2. The molecule has 0 fully saturated rings. The first-order valence-electron chi connectivity index (χ1n) is 18.6. The normalized spacial score (nSPS) is 14.1. The predicted octanol–water partition coefficient (Wildman–Crippen LogP) is 12.6. The fourth-order valence-electron chi connectivity index (χ4n) is 6.38. The van der Waals surface area contributed by atoms with E-state index in [1.165, 1.54) is 173 Å². The fraction of sp³-hybridized carbons (Fsp3) is 1.00. The molecule has 0 bridgehead atoms. The van der Waals surface area contributed by atoms with E-state index in [9.17, 15) is 5.11 Å². The molecule has 3 N–H and O–H groups in total. The second-order valence-corrected chi connectivity index (χ2v) is 13.2. The quantitative estimate of drug-likeness (QED) is 0.0796. The van der Waals surface area contributed by atoms with Crippen LogP contribution in [0.5, 0.6) is 0 Å². The van der Waals surface area contributed by atoms with Crippen molar-refractivity contribution in [1.82, 2.24) is 0 Å². The average molecular weight is 552 g/mol. The van der Waals surface area contributed by atoms with Gasteiger partial charge in [-0.2, -0.15) is 0 Å². The molecule has 0 saturated carbocycles. The topological polar surface area (TPSA) is 46.2 Å². The molecule has 39 heavy (non-hydrogen) atoms. The molecule has 0 aromatic heterocycles. The summed E-state index contributed by atoms with van der Waals surface area (Å²) in [4.78, 5) is 0. The van der Waals surface area contributed by atoms with Crippen molar-refractivity contribution < 1.29 is 5.11 Å². The Labute approximate surface area is 248 Å². The van der Waals surface area contributed by atoms with Gasteiger partial charge in [-0.15, -0.1) is 0 Å². The van der Waals surface area contributed by atoms with E-state index in [2.05, 4.69) is 20.8 Å². The summed E-state index contributed by atoms with van der Waals surface area (Å²) in [5, 5.41) is 11.3. The smallest absolute Gasteiger partial charge is 0.0797 e. The van der Waals surface area contributed by atoms with Gasteiger partial charge in [0.2, 0.25) is 0 Å². The van der Waals surface area contributed by atoms with Crippen molar-refractivity contribution in [2.45, 2.75) is 238 Å². The van der Waals surface area contributed by atoms with E-state index in [1.807, 2.05) is 0 Å². The number of nitrogens with two attached hydrogens (primary N) is 1. The van der Waals surface area contributed by atoms with Crippen LogP contribution in [0.3, 0.4) is 0 Å². The van der Waals surface area contributed by atoms with Crippen LogP contribution in [0.25, 0.3) is 0 Å². The summed E-state index contributed by atoms with van der Waals surface area (Å²) in [6, 6.07) is -0.0447. The highest BCUT2D eigenvalue weighted by Crippen LogP contribution is 2.27. The first-order valence-corrected chi connectivity index (χ1v) is 18.6. The van der Waals surface area contributed by atoms with Crippen LogP contribution in [-0.4, -0.2) is 16.7 Å². The summed E-state index contributed by atoms with van der Waals surface area (Å²) in [6.45, 7) is 6.78. The molecule has 0 rings (SSSR count). The van der Waals surface area contributed by atoms with Crippen LogP contribution in [0.1, 0.15) is 226 Å². The van der Waals surface area contributed by atoms with Crippen LogP contribution in [0, 0.1) is 0 Å². The molecule has 2 unspecified atom stereocenters. The zero-order valence-corrected chi connectivity index (χ0v) is 27.7. The van der Waals surface area contributed by atoms with Crippen molar-refractivity contribution in [3.63, 3.8) is 0 Å². The first-order chi connectivity index (χ1) is 19.1. The molecule has 0 spiro atoms. The fourth-order valence-corrected chi connectivity index (χ4v) is 6.38. The molecule has 0 saturated heterocycles. The first kappa shape index (κ1) is 38.9. The SMILES string of the molecule is CCCCCCCCCCCCCCCCC(N)C(O)(CCC)CCCCCCCCCCCCCCCC. The van der Waals surface area contributed by atoms with Crippen molar-refractivity contribution >= 4 is 0 Å². The van der Waals surface area contributed by atoms with Gasteiger partial charge in [0, 0.05) is 6.04 Å². The molecule has 0 aliphatic heterocycles. The highest BCUT2D eigenvalue weighted by Gasteiger charge is 2.32. The van der Waals surface area contributed by atoms with Crippen LogP contribution >= 0.6 is 0 Å². The maximum atomic E-state index is 11.3. The molecule has 0 aliphatic carbocycles. The van der Waals surface area contributed by atoms with E-state index in [-0.39, 0.29) is 6.04 Å². The minimum Gasteiger partial charge on any atom is -0.388 e. The third-order valence-corrected chi connectivity index (χ3v) is 9.21. The zero-order chi connectivity index (χ0) is 28.7. The van der Waals surface area contributed by atoms with Crippen molar-refractivity contribution in [3.8, 4) is 0 Å². The van der Waals surface area contributed by atoms with Gasteiger partial charge in [-0.25, -0.2) is 0 Å². The Morgan fingerprint density at radius 1 is 0.385 bits per heavy atom. The molecule has 0 aliphatic rings. The maximum Gasteiger partial charge on any atom is 0.0797 e. The van der Waals surface area contributed by atoms with Gasteiger partial charge < -0.3 is 10.8 Å². The van der Waals surface area contributed by atoms with E-state index < -0.39 is 5.60 Å². The Balaban J connectivity index is 3.66. The molecule has 0 radical (unpaired) electrons. The summed E-state index contributed by atoms with van der Waals surface area (Å²) in [7, 11) is 0. The van der Waals surface area contributed by atoms with E-state index in [4.69, 9.17) is 5.73 Å². The number of aliphatic hydroxyl groups is 1. The Morgan fingerprint density at radius 3 is 0.974 bits per heavy atom. The third kappa shape index (κ3) is 26.6. The maximum absolute atomic E-state index is 11.3. The van der Waals surface area contributed by atoms with Gasteiger partial charge in [-0.1, -0.05) is 207 Å². The summed E-state index contributed by atoms with van der Waals surface area (Å²) in [5.74, 6) is 0. The Bertz CT molecular complexity index is 453. The van der Waals surface area contributed by atoms with Crippen molar-refractivity contribution in [3.05, 3.63) is 0 Å². The van der Waals surface area contributed by atoms with Crippen molar-refractivity contribution in [1.29, 1.82) is 0 Å². The molecule has 0 aromatic carbocycles. The van der Waals surface area contributed by atoms with Gasteiger partial charge in [-0.05, 0) is 19.3 Å². The highest BCUT2D eigenvalue weighted by molar-refractivity contribution is 4.89. The monoisotopic (exact) mass is 552 g/mol. The molecule has 2 nitrogen and oxygen atoms in total. The number of unbranched alkanes of at least 4 members (excludes halogenated alkanes) is 26. The van der Waals surface area contributed by atoms with E-state index in [0.717, 1.165) is 32.1 Å². The lowest BCUT2D eigenvalue weighted by Crippen LogP contribution is -2.48. The molecule has 236 valence electrons. The van der Waals surface area contributed by atoms with Crippen molar-refractivity contribution in [2.75, 3.05) is 0 Å². The minimum atomic E-state index is -0.636. The number of hydrogen-bond acceptors (Lipinski definition) is 2. The van der Waals surface area contributed by atoms with Crippen LogP contribution in [0.15, 0.2) is 0 Å². The lowest BCUT2D eigenvalue weighted by Gasteiger charge is -2.34. The summed E-state index contributed by atoms with van der Waals surface area (Å²) in [5.41, 5.74) is 5.95. The molecule has 2 heteroatoms.